The van der Waals surface area contributed by atoms with Crippen LogP contribution >= 0.6 is 23.2 Å². The largest absolute Gasteiger partial charge is 0.352 e. The minimum Gasteiger partial charge on any atom is -0.352 e. The molecular weight excluding hydrogens is 491 g/mol. The molecule has 0 aliphatic carbocycles. The van der Waals surface area contributed by atoms with Crippen LogP contribution in [0.4, 0.5) is 0 Å². The molecule has 1 N–H and O–H groups in total. The molecule has 0 saturated carbocycles. The molecule has 0 radical (unpaired) electrons. The molecule has 3 rings (SSSR count). The van der Waals surface area contributed by atoms with E-state index in [1.165, 1.54) is 5.56 Å². The van der Waals surface area contributed by atoms with Gasteiger partial charge in [-0.3, -0.25) is 9.59 Å². The van der Waals surface area contributed by atoms with Crippen LogP contribution in [0, 0.1) is 13.8 Å². The van der Waals surface area contributed by atoms with Crippen LogP contribution in [0.15, 0.2) is 66.7 Å². The fraction of sp³-hybridized carbons (Fsp3) is 0.333. The molecule has 2 atom stereocenters. The second-order valence-corrected chi connectivity index (χ2v) is 10.2. The van der Waals surface area contributed by atoms with Gasteiger partial charge in [0.25, 0.3) is 0 Å². The number of hydrogen-bond donors (Lipinski definition) is 1. The van der Waals surface area contributed by atoms with E-state index in [0.717, 1.165) is 28.7 Å². The van der Waals surface area contributed by atoms with E-state index in [0.29, 0.717) is 16.5 Å². The van der Waals surface area contributed by atoms with Gasteiger partial charge in [-0.2, -0.15) is 0 Å². The lowest BCUT2D eigenvalue weighted by Crippen LogP contribution is -2.52. The maximum absolute atomic E-state index is 13.8. The van der Waals surface area contributed by atoms with E-state index in [-0.39, 0.29) is 30.8 Å². The summed E-state index contributed by atoms with van der Waals surface area (Å²) < 4.78 is 0. The normalized spacial score (nSPS) is 12.6. The zero-order valence-electron chi connectivity index (χ0n) is 21.4. The molecule has 0 aromatic heterocycles. The van der Waals surface area contributed by atoms with Crippen molar-refractivity contribution in [3.8, 4) is 0 Å². The van der Waals surface area contributed by atoms with Crippen molar-refractivity contribution in [2.24, 2.45) is 0 Å². The summed E-state index contributed by atoms with van der Waals surface area (Å²) in [6, 6.07) is 20.5. The van der Waals surface area contributed by atoms with Gasteiger partial charge in [0.2, 0.25) is 11.8 Å². The van der Waals surface area contributed by atoms with Crippen LogP contribution < -0.4 is 5.32 Å². The summed E-state index contributed by atoms with van der Waals surface area (Å²) in [4.78, 5) is 29.1. The summed E-state index contributed by atoms with van der Waals surface area (Å²) in [5, 5.41) is 3.96. The highest BCUT2D eigenvalue weighted by Gasteiger charge is 2.31. The maximum atomic E-state index is 13.8. The lowest BCUT2D eigenvalue weighted by atomic mass is 10.00. The van der Waals surface area contributed by atoms with Crippen LogP contribution in [0.3, 0.4) is 0 Å². The average molecular weight is 526 g/mol. The van der Waals surface area contributed by atoms with Crippen LogP contribution in [0.25, 0.3) is 0 Å². The molecule has 2 amide bonds. The molecular formula is C30H34Cl2N2O2. The second-order valence-electron chi connectivity index (χ2n) is 9.39. The number of aryl methyl sites for hydroxylation is 2. The van der Waals surface area contributed by atoms with E-state index >= 15 is 0 Å². The van der Waals surface area contributed by atoms with Crippen LogP contribution in [0.5, 0.6) is 0 Å². The first-order valence-electron chi connectivity index (χ1n) is 12.3. The predicted octanol–water partition coefficient (Wildman–Crippen LogP) is 6.71. The van der Waals surface area contributed by atoms with Crippen molar-refractivity contribution in [1.82, 2.24) is 10.2 Å². The van der Waals surface area contributed by atoms with Gasteiger partial charge in [-0.05, 0) is 67.1 Å². The molecule has 0 heterocycles. The van der Waals surface area contributed by atoms with Crippen molar-refractivity contribution >= 4 is 35.0 Å². The Bertz CT molecular complexity index is 1200. The molecule has 36 heavy (non-hydrogen) atoms. The van der Waals surface area contributed by atoms with Crippen molar-refractivity contribution in [3.05, 3.63) is 105 Å². The summed E-state index contributed by atoms with van der Waals surface area (Å²) >= 11 is 12.4. The van der Waals surface area contributed by atoms with E-state index in [4.69, 9.17) is 23.2 Å². The van der Waals surface area contributed by atoms with Crippen molar-refractivity contribution < 1.29 is 9.59 Å². The van der Waals surface area contributed by atoms with Crippen molar-refractivity contribution in [1.29, 1.82) is 0 Å². The van der Waals surface area contributed by atoms with E-state index in [1.54, 1.807) is 17.0 Å². The molecule has 0 unspecified atom stereocenters. The smallest absolute Gasteiger partial charge is 0.243 e. The third-order valence-electron chi connectivity index (χ3n) is 6.54. The molecule has 0 fully saturated rings. The maximum Gasteiger partial charge on any atom is 0.243 e. The standard InChI is InChI=1S/C30H34Cl2N2O2/c1-5-22(4)33-30(36)28(17-23-9-7-6-8-10-23)34(19-25-13-14-26(31)27(32)16-25)29(35)18-24-12-11-20(2)21(3)15-24/h6-16,22,28H,5,17-19H2,1-4H3,(H,33,36)/t22-,28-/m0/s1. The lowest BCUT2D eigenvalue weighted by molar-refractivity contribution is -0.141. The molecule has 3 aromatic carbocycles. The lowest BCUT2D eigenvalue weighted by Gasteiger charge is -2.32. The molecule has 3 aromatic rings. The number of carbonyl (C=O) groups excluding carboxylic acids is 2. The molecule has 0 spiro atoms. The van der Waals surface area contributed by atoms with Crippen molar-refractivity contribution in [2.45, 2.75) is 65.6 Å². The van der Waals surface area contributed by atoms with Gasteiger partial charge < -0.3 is 10.2 Å². The zero-order valence-corrected chi connectivity index (χ0v) is 22.9. The van der Waals surface area contributed by atoms with Gasteiger partial charge >= 0.3 is 0 Å². The number of benzene rings is 3. The van der Waals surface area contributed by atoms with Gasteiger partial charge in [0.15, 0.2) is 0 Å². The summed E-state index contributed by atoms with van der Waals surface area (Å²) in [6.07, 6.45) is 1.40. The van der Waals surface area contributed by atoms with Gasteiger partial charge in [0.1, 0.15) is 6.04 Å². The first-order valence-corrected chi connectivity index (χ1v) is 13.1. The van der Waals surface area contributed by atoms with Gasteiger partial charge in [0, 0.05) is 19.0 Å². The van der Waals surface area contributed by atoms with Crippen molar-refractivity contribution in [2.75, 3.05) is 0 Å². The van der Waals surface area contributed by atoms with E-state index < -0.39 is 6.04 Å². The summed E-state index contributed by atoms with van der Waals surface area (Å²) in [6.45, 7) is 8.32. The Morgan fingerprint density at radius 2 is 1.56 bits per heavy atom. The van der Waals surface area contributed by atoms with Crippen LogP contribution in [-0.4, -0.2) is 28.8 Å². The highest BCUT2D eigenvalue weighted by molar-refractivity contribution is 6.42. The van der Waals surface area contributed by atoms with Crippen LogP contribution in [0.1, 0.15) is 48.1 Å². The Labute approximate surface area is 224 Å². The Kier molecular flexibility index (Phi) is 9.98. The Hall–Kier alpha value is -2.82. The van der Waals surface area contributed by atoms with Gasteiger partial charge in [-0.25, -0.2) is 0 Å². The summed E-state index contributed by atoms with van der Waals surface area (Å²) in [5.74, 6) is -0.286. The first kappa shape index (κ1) is 27.8. The average Bonchev–Trinajstić information content (AvgIpc) is 2.86. The highest BCUT2D eigenvalue weighted by Crippen LogP contribution is 2.25. The van der Waals surface area contributed by atoms with Gasteiger partial charge in [0.05, 0.1) is 16.5 Å². The number of halogens is 2. The topological polar surface area (TPSA) is 49.4 Å². The van der Waals surface area contributed by atoms with Gasteiger partial charge in [-0.1, -0.05) is 84.7 Å². The second kappa shape index (κ2) is 12.9. The molecule has 6 heteroatoms. The molecule has 0 saturated heterocycles. The number of hydrogen-bond acceptors (Lipinski definition) is 2. The minimum atomic E-state index is -0.685. The van der Waals surface area contributed by atoms with Crippen LogP contribution in [0.2, 0.25) is 10.0 Å². The van der Waals surface area contributed by atoms with Gasteiger partial charge in [-0.15, -0.1) is 0 Å². The fourth-order valence-electron chi connectivity index (χ4n) is 4.02. The SMILES string of the molecule is CC[C@H](C)NC(=O)[C@H](Cc1ccccc1)N(Cc1ccc(Cl)c(Cl)c1)C(=O)Cc1ccc(C)c(C)c1. The molecule has 0 bridgehead atoms. The van der Waals surface area contributed by atoms with Crippen LogP contribution in [-0.2, 0) is 29.0 Å². The number of nitrogens with one attached hydrogen (secondary N) is 1. The zero-order chi connectivity index (χ0) is 26.2. The summed E-state index contributed by atoms with van der Waals surface area (Å²) in [7, 11) is 0. The Balaban J connectivity index is 2.00. The van der Waals surface area contributed by atoms with E-state index in [9.17, 15) is 9.59 Å². The Morgan fingerprint density at radius 3 is 2.19 bits per heavy atom. The first-order chi connectivity index (χ1) is 17.2. The quantitative estimate of drug-likeness (QED) is 0.320. The van der Waals surface area contributed by atoms with Crippen molar-refractivity contribution in [3.63, 3.8) is 0 Å². The molecule has 190 valence electrons. The molecule has 4 nitrogen and oxygen atoms in total. The van der Waals surface area contributed by atoms with E-state index in [1.807, 2.05) is 82.3 Å². The monoisotopic (exact) mass is 524 g/mol. The minimum absolute atomic E-state index is 0.00236. The molecule has 0 aliphatic rings. The Morgan fingerprint density at radius 1 is 0.861 bits per heavy atom. The number of nitrogens with zero attached hydrogens (tertiary/aromatic N) is 1. The number of amides is 2. The summed E-state index contributed by atoms with van der Waals surface area (Å²) in [5.41, 5.74) is 5.02. The fourth-order valence-corrected chi connectivity index (χ4v) is 4.34. The molecule has 0 aliphatic heterocycles. The highest BCUT2D eigenvalue weighted by atomic mass is 35.5. The third-order valence-corrected chi connectivity index (χ3v) is 7.27. The van der Waals surface area contributed by atoms with E-state index in [2.05, 4.69) is 5.32 Å². The predicted molar refractivity (Wildman–Crippen MR) is 148 cm³/mol. The number of rotatable bonds is 10. The third kappa shape index (κ3) is 7.59. The number of carbonyl (C=O) groups is 2.